The molecule has 1 aromatic carbocycles. The Balaban J connectivity index is 1.99. The van der Waals surface area contributed by atoms with E-state index < -0.39 is 0 Å². The highest BCUT2D eigenvalue weighted by Gasteiger charge is 2.14. The first-order valence-electron chi connectivity index (χ1n) is 6.72. The SMILES string of the molecule is COc1ccccc1CC(C)NC(C)c1sccc1Br. The van der Waals surface area contributed by atoms with Crippen LogP contribution in [0.4, 0.5) is 0 Å². The smallest absolute Gasteiger partial charge is 0.122 e. The van der Waals surface area contributed by atoms with Crippen molar-refractivity contribution in [2.75, 3.05) is 7.11 Å². The molecule has 2 aromatic rings. The van der Waals surface area contributed by atoms with Gasteiger partial charge in [-0.2, -0.15) is 0 Å². The summed E-state index contributed by atoms with van der Waals surface area (Å²) in [4.78, 5) is 1.34. The Morgan fingerprint density at radius 1 is 1.25 bits per heavy atom. The van der Waals surface area contributed by atoms with Crippen LogP contribution in [0, 0.1) is 0 Å². The van der Waals surface area contributed by atoms with E-state index in [4.69, 9.17) is 4.74 Å². The number of para-hydroxylation sites is 1. The minimum atomic E-state index is 0.342. The molecule has 1 N–H and O–H groups in total. The zero-order valence-corrected chi connectivity index (χ0v) is 14.4. The van der Waals surface area contributed by atoms with Crippen LogP contribution in [0.3, 0.4) is 0 Å². The minimum Gasteiger partial charge on any atom is -0.496 e. The molecule has 0 spiro atoms. The first-order chi connectivity index (χ1) is 9.61. The van der Waals surface area contributed by atoms with E-state index in [0.29, 0.717) is 12.1 Å². The van der Waals surface area contributed by atoms with E-state index in [1.54, 1.807) is 18.4 Å². The molecule has 0 fully saturated rings. The molecule has 0 bridgehead atoms. The van der Waals surface area contributed by atoms with Gasteiger partial charge in [0.15, 0.2) is 0 Å². The van der Waals surface area contributed by atoms with Crippen molar-refractivity contribution in [2.24, 2.45) is 0 Å². The van der Waals surface area contributed by atoms with Crippen LogP contribution in [0.5, 0.6) is 5.75 Å². The van der Waals surface area contributed by atoms with Crippen molar-refractivity contribution in [2.45, 2.75) is 32.4 Å². The van der Waals surface area contributed by atoms with E-state index in [-0.39, 0.29) is 0 Å². The second-order valence-corrected chi connectivity index (χ2v) is 6.74. The molecule has 1 heterocycles. The van der Waals surface area contributed by atoms with Gasteiger partial charge in [0.25, 0.3) is 0 Å². The third-order valence-corrected chi connectivity index (χ3v) is 5.34. The van der Waals surface area contributed by atoms with Gasteiger partial charge in [-0.25, -0.2) is 0 Å². The minimum absolute atomic E-state index is 0.342. The summed E-state index contributed by atoms with van der Waals surface area (Å²) in [6.45, 7) is 4.42. The summed E-state index contributed by atoms with van der Waals surface area (Å²) in [6.07, 6.45) is 0.956. The Morgan fingerprint density at radius 2 is 2.00 bits per heavy atom. The maximum Gasteiger partial charge on any atom is 0.122 e. The molecule has 0 saturated heterocycles. The normalized spacial score (nSPS) is 14.0. The molecule has 0 radical (unpaired) electrons. The molecule has 108 valence electrons. The summed E-state index contributed by atoms with van der Waals surface area (Å²) in [5, 5.41) is 5.76. The Kier molecular flexibility index (Phi) is 5.64. The van der Waals surface area contributed by atoms with Crippen molar-refractivity contribution in [1.29, 1.82) is 0 Å². The number of nitrogens with one attached hydrogen (secondary N) is 1. The van der Waals surface area contributed by atoms with Crippen LogP contribution in [-0.2, 0) is 6.42 Å². The summed E-state index contributed by atoms with van der Waals surface area (Å²) >= 11 is 5.38. The molecular formula is C16H20BrNOS. The lowest BCUT2D eigenvalue weighted by molar-refractivity contribution is 0.403. The van der Waals surface area contributed by atoms with Gasteiger partial charge in [0.1, 0.15) is 5.75 Å². The number of hydrogen-bond acceptors (Lipinski definition) is 3. The van der Waals surface area contributed by atoms with Crippen molar-refractivity contribution in [3.05, 3.63) is 50.6 Å². The molecule has 20 heavy (non-hydrogen) atoms. The van der Waals surface area contributed by atoms with E-state index >= 15 is 0 Å². The van der Waals surface area contributed by atoms with Gasteiger partial charge in [-0.05, 0) is 59.3 Å². The lowest BCUT2D eigenvalue weighted by atomic mass is 10.1. The van der Waals surface area contributed by atoms with Crippen LogP contribution in [0.15, 0.2) is 40.2 Å². The second kappa shape index (κ2) is 7.25. The average molecular weight is 354 g/mol. The van der Waals surface area contributed by atoms with Gasteiger partial charge in [-0.3, -0.25) is 0 Å². The summed E-state index contributed by atoms with van der Waals surface area (Å²) < 4.78 is 6.60. The van der Waals surface area contributed by atoms with Crippen molar-refractivity contribution in [3.8, 4) is 5.75 Å². The highest BCUT2D eigenvalue weighted by atomic mass is 79.9. The predicted molar refractivity (Wildman–Crippen MR) is 89.7 cm³/mol. The first-order valence-corrected chi connectivity index (χ1v) is 8.40. The van der Waals surface area contributed by atoms with E-state index in [1.807, 2.05) is 12.1 Å². The second-order valence-electron chi connectivity index (χ2n) is 4.94. The van der Waals surface area contributed by atoms with Crippen LogP contribution in [0.2, 0.25) is 0 Å². The molecule has 0 aliphatic carbocycles. The quantitative estimate of drug-likeness (QED) is 0.805. The average Bonchev–Trinajstić information content (AvgIpc) is 2.85. The molecule has 2 rings (SSSR count). The summed E-state index contributed by atoms with van der Waals surface area (Å²) in [5.41, 5.74) is 1.24. The predicted octanol–water partition coefficient (Wildman–Crippen LogP) is 4.80. The van der Waals surface area contributed by atoms with Crippen LogP contribution in [0.25, 0.3) is 0 Å². The van der Waals surface area contributed by atoms with E-state index in [1.165, 1.54) is 14.9 Å². The highest BCUT2D eigenvalue weighted by Crippen LogP contribution is 2.29. The van der Waals surface area contributed by atoms with Crippen molar-refractivity contribution >= 4 is 27.3 Å². The van der Waals surface area contributed by atoms with Crippen LogP contribution >= 0.6 is 27.3 Å². The highest BCUT2D eigenvalue weighted by molar-refractivity contribution is 9.10. The molecule has 0 amide bonds. The fourth-order valence-corrected chi connectivity index (χ4v) is 4.11. The molecular weight excluding hydrogens is 334 g/mol. The van der Waals surface area contributed by atoms with Gasteiger partial charge in [-0.15, -0.1) is 11.3 Å². The van der Waals surface area contributed by atoms with Crippen molar-refractivity contribution in [1.82, 2.24) is 5.32 Å². The number of halogens is 1. The summed E-state index contributed by atoms with van der Waals surface area (Å²) in [6, 6.07) is 11.0. The maximum atomic E-state index is 5.41. The lowest BCUT2D eigenvalue weighted by Gasteiger charge is -2.20. The Hall–Kier alpha value is -0.840. The number of benzene rings is 1. The molecule has 2 nitrogen and oxygen atoms in total. The Bertz CT molecular complexity index is 555. The maximum absolute atomic E-state index is 5.41. The zero-order valence-electron chi connectivity index (χ0n) is 12.0. The van der Waals surface area contributed by atoms with Gasteiger partial charge >= 0.3 is 0 Å². The number of hydrogen-bond donors (Lipinski definition) is 1. The van der Waals surface area contributed by atoms with Crippen LogP contribution in [-0.4, -0.2) is 13.2 Å². The first kappa shape index (κ1) is 15.5. The number of thiophene rings is 1. The van der Waals surface area contributed by atoms with Gasteiger partial charge < -0.3 is 10.1 Å². The van der Waals surface area contributed by atoms with Gasteiger partial charge in [0, 0.05) is 21.4 Å². The molecule has 0 aliphatic heterocycles. The Morgan fingerprint density at radius 3 is 2.65 bits per heavy atom. The topological polar surface area (TPSA) is 21.3 Å². The van der Waals surface area contributed by atoms with Gasteiger partial charge in [0.05, 0.1) is 7.11 Å². The molecule has 2 unspecified atom stereocenters. The summed E-state index contributed by atoms with van der Waals surface area (Å²) in [7, 11) is 1.72. The standard InChI is InChI=1S/C16H20BrNOS/c1-11(10-13-6-4-5-7-15(13)19-3)18-12(2)16-14(17)8-9-20-16/h4-9,11-12,18H,10H2,1-3H3. The lowest BCUT2D eigenvalue weighted by Crippen LogP contribution is -2.30. The third kappa shape index (κ3) is 3.84. The van der Waals surface area contributed by atoms with Gasteiger partial charge in [-0.1, -0.05) is 18.2 Å². The van der Waals surface area contributed by atoms with Gasteiger partial charge in [0.2, 0.25) is 0 Å². The number of rotatable bonds is 6. The largest absolute Gasteiger partial charge is 0.496 e. The zero-order chi connectivity index (χ0) is 14.5. The summed E-state index contributed by atoms with van der Waals surface area (Å²) in [5.74, 6) is 0.964. The molecule has 0 aliphatic rings. The molecule has 4 heteroatoms. The van der Waals surface area contributed by atoms with E-state index in [2.05, 4.69) is 58.7 Å². The third-order valence-electron chi connectivity index (χ3n) is 3.29. The van der Waals surface area contributed by atoms with E-state index in [0.717, 1.165) is 12.2 Å². The fourth-order valence-electron chi connectivity index (χ4n) is 2.38. The molecule has 2 atom stereocenters. The number of ether oxygens (including phenoxy) is 1. The number of methoxy groups -OCH3 is 1. The monoisotopic (exact) mass is 353 g/mol. The molecule has 0 saturated carbocycles. The van der Waals surface area contributed by atoms with Crippen molar-refractivity contribution < 1.29 is 4.74 Å². The Labute approximate surface area is 133 Å². The fraction of sp³-hybridized carbons (Fsp3) is 0.375. The molecule has 1 aromatic heterocycles. The van der Waals surface area contributed by atoms with E-state index in [9.17, 15) is 0 Å². The van der Waals surface area contributed by atoms with Crippen molar-refractivity contribution in [3.63, 3.8) is 0 Å². The van der Waals surface area contributed by atoms with Crippen LogP contribution in [0.1, 0.15) is 30.3 Å². The van der Waals surface area contributed by atoms with Crippen LogP contribution < -0.4 is 10.1 Å².